The molecule has 0 aliphatic carbocycles. The monoisotopic (exact) mass is 369 g/mol. The van der Waals surface area contributed by atoms with Crippen LogP contribution in [0.1, 0.15) is 11.3 Å². The molecular formula is C14H10F3N5S2. The summed E-state index contributed by atoms with van der Waals surface area (Å²) >= 11 is 2.38. The molecule has 24 heavy (non-hydrogen) atoms. The SMILES string of the molecule is Cc1ccc(Nc2nnc(Sc3ccc(C(F)(F)F)nn3)s2)cc1. The number of hydrogen-bond donors (Lipinski definition) is 1. The maximum Gasteiger partial charge on any atom is 0.435 e. The van der Waals surface area contributed by atoms with Crippen LogP contribution in [0.4, 0.5) is 24.0 Å². The van der Waals surface area contributed by atoms with E-state index in [2.05, 4.69) is 25.7 Å². The van der Waals surface area contributed by atoms with Crippen molar-refractivity contribution < 1.29 is 13.2 Å². The largest absolute Gasteiger partial charge is 0.435 e. The van der Waals surface area contributed by atoms with Crippen LogP contribution in [0.2, 0.25) is 0 Å². The van der Waals surface area contributed by atoms with Crippen molar-refractivity contribution in [2.75, 3.05) is 5.32 Å². The van der Waals surface area contributed by atoms with Gasteiger partial charge in [-0.25, -0.2) is 0 Å². The Bertz CT molecular complexity index is 816. The molecule has 124 valence electrons. The molecule has 2 aromatic heterocycles. The van der Waals surface area contributed by atoms with E-state index in [0.29, 0.717) is 14.5 Å². The molecule has 0 atom stereocenters. The molecule has 5 nitrogen and oxygen atoms in total. The molecule has 1 N–H and O–H groups in total. The minimum Gasteiger partial charge on any atom is -0.330 e. The smallest absolute Gasteiger partial charge is 0.330 e. The van der Waals surface area contributed by atoms with Gasteiger partial charge in [-0.1, -0.05) is 29.0 Å². The summed E-state index contributed by atoms with van der Waals surface area (Å²) in [5.74, 6) is 0. The third-order valence-electron chi connectivity index (χ3n) is 2.83. The Morgan fingerprint density at radius 3 is 2.33 bits per heavy atom. The fourth-order valence-electron chi connectivity index (χ4n) is 1.68. The Morgan fingerprint density at radius 2 is 1.71 bits per heavy atom. The van der Waals surface area contributed by atoms with Crippen LogP contribution in [0.3, 0.4) is 0 Å². The maximum absolute atomic E-state index is 12.4. The van der Waals surface area contributed by atoms with Crippen molar-refractivity contribution in [2.45, 2.75) is 22.5 Å². The lowest BCUT2D eigenvalue weighted by atomic mass is 10.2. The molecule has 0 aliphatic heterocycles. The van der Waals surface area contributed by atoms with Gasteiger partial charge in [0.15, 0.2) is 10.0 Å². The van der Waals surface area contributed by atoms with E-state index in [-0.39, 0.29) is 0 Å². The lowest BCUT2D eigenvalue weighted by Crippen LogP contribution is -2.08. The minimum atomic E-state index is -4.50. The Balaban J connectivity index is 1.66. The predicted molar refractivity (Wildman–Crippen MR) is 85.5 cm³/mol. The highest BCUT2D eigenvalue weighted by Gasteiger charge is 2.32. The van der Waals surface area contributed by atoms with Crippen LogP contribution in [0.5, 0.6) is 0 Å². The van der Waals surface area contributed by atoms with Crippen LogP contribution in [0, 0.1) is 6.92 Å². The zero-order valence-electron chi connectivity index (χ0n) is 12.2. The van der Waals surface area contributed by atoms with Gasteiger partial charge < -0.3 is 5.32 Å². The molecule has 0 saturated heterocycles. The summed E-state index contributed by atoms with van der Waals surface area (Å²) in [6.07, 6.45) is -4.50. The highest BCUT2D eigenvalue weighted by atomic mass is 32.2. The summed E-state index contributed by atoms with van der Waals surface area (Å²) < 4.78 is 37.9. The Labute approximate surface area is 143 Å². The van der Waals surface area contributed by atoms with Crippen LogP contribution in [0.15, 0.2) is 45.8 Å². The zero-order chi connectivity index (χ0) is 17.2. The van der Waals surface area contributed by atoms with Crippen LogP contribution in [-0.4, -0.2) is 20.4 Å². The summed E-state index contributed by atoms with van der Waals surface area (Å²) in [5, 5.41) is 18.7. The molecule has 0 saturated carbocycles. The Morgan fingerprint density at radius 1 is 0.958 bits per heavy atom. The Hall–Kier alpha value is -2.20. The molecular weight excluding hydrogens is 359 g/mol. The van der Waals surface area contributed by atoms with E-state index in [4.69, 9.17) is 0 Å². The predicted octanol–water partition coefficient (Wildman–Crippen LogP) is 4.55. The van der Waals surface area contributed by atoms with E-state index in [1.165, 1.54) is 17.4 Å². The van der Waals surface area contributed by atoms with Crippen LogP contribution >= 0.6 is 23.1 Å². The van der Waals surface area contributed by atoms with Crippen LogP contribution in [0.25, 0.3) is 0 Å². The quantitative estimate of drug-likeness (QED) is 0.728. The summed E-state index contributed by atoms with van der Waals surface area (Å²) in [7, 11) is 0. The molecule has 3 rings (SSSR count). The third kappa shape index (κ3) is 4.20. The number of nitrogens with one attached hydrogen (secondary N) is 1. The summed E-state index contributed by atoms with van der Waals surface area (Å²) in [6, 6.07) is 9.93. The van der Waals surface area contributed by atoms with Gasteiger partial charge in [-0.05, 0) is 43.0 Å². The molecule has 2 heterocycles. The number of nitrogens with zero attached hydrogens (tertiary/aromatic N) is 4. The first-order chi connectivity index (χ1) is 11.4. The van der Waals surface area contributed by atoms with E-state index in [1.54, 1.807) is 0 Å². The number of halogens is 3. The number of hydrogen-bond acceptors (Lipinski definition) is 7. The molecule has 1 aromatic carbocycles. The highest BCUT2D eigenvalue weighted by molar-refractivity contribution is 8.01. The molecule has 0 unspecified atom stereocenters. The number of aromatic nitrogens is 4. The third-order valence-corrected chi connectivity index (χ3v) is 4.65. The lowest BCUT2D eigenvalue weighted by Gasteiger charge is -2.04. The Kier molecular flexibility index (Phi) is 4.67. The molecule has 10 heteroatoms. The van der Waals surface area contributed by atoms with E-state index in [0.717, 1.165) is 29.1 Å². The van der Waals surface area contributed by atoms with Gasteiger partial charge in [-0.2, -0.15) is 13.2 Å². The maximum atomic E-state index is 12.4. The number of alkyl halides is 3. The standard InChI is InChI=1S/C14H10F3N5S2/c1-8-2-4-9(5-3-8)18-12-21-22-13(24-12)23-11-7-6-10(19-20-11)14(15,16)17/h2-7H,1H3,(H,18,21). The van der Waals surface area contributed by atoms with Crippen molar-refractivity contribution in [1.82, 2.24) is 20.4 Å². The van der Waals surface area contributed by atoms with Crippen molar-refractivity contribution in [2.24, 2.45) is 0 Å². The van der Waals surface area contributed by atoms with Crippen molar-refractivity contribution in [3.8, 4) is 0 Å². The van der Waals surface area contributed by atoms with E-state index < -0.39 is 11.9 Å². The second kappa shape index (κ2) is 6.73. The van der Waals surface area contributed by atoms with Crippen molar-refractivity contribution in [3.05, 3.63) is 47.7 Å². The molecule has 0 fully saturated rings. The van der Waals surface area contributed by atoms with Gasteiger partial charge in [0.05, 0.1) is 0 Å². The first kappa shape index (κ1) is 16.7. The molecule has 0 amide bonds. The number of rotatable bonds is 4. The van der Waals surface area contributed by atoms with Gasteiger partial charge >= 0.3 is 6.18 Å². The fourth-order valence-corrected chi connectivity index (χ4v) is 3.31. The average Bonchev–Trinajstić information content (AvgIpc) is 2.96. The normalized spacial score (nSPS) is 11.5. The summed E-state index contributed by atoms with van der Waals surface area (Å²) in [4.78, 5) is 0. The van der Waals surface area contributed by atoms with Gasteiger partial charge in [0.2, 0.25) is 5.13 Å². The van der Waals surface area contributed by atoms with E-state index >= 15 is 0 Å². The fraction of sp³-hybridized carbons (Fsp3) is 0.143. The topological polar surface area (TPSA) is 63.6 Å². The highest BCUT2D eigenvalue weighted by Crippen LogP contribution is 2.33. The minimum absolute atomic E-state index is 0.320. The lowest BCUT2D eigenvalue weighted by molar-refractivity contribution is -0.141. The molecule has 0 radical (unpaired) electrons. The van der Waals surface area contributed by atoms with Crippen molar-refractivity contribution in [3.63, 3.8) is 0 Å². The van der Waals surface area contributed by atoms with Gasteiger partial charge in [-0.15, -0.1) is 20.4 Å². The number of aryl methyl sites for hydroxylation is 1. The van der Waals surface area contributed by atoms with E-state index in [1.807, 2.05) is 31.2 Å². The van der Waals surface area contributed by atoms with Gasteiger partial charge in [0.1, 0.15) is 5.03 Å². The number of anilines is 2. The summed E-state index contributed by atoms with van der Waals surface area (Å²) in [5.41, 5.74) is 1.00. The van der Waals surface area contributed by atoms with Gasteiger partial charge in [-0.3, -0.25) is 0 Å². The first-order valence-corrected chi connectivity index (χ1v) is 8.29. The molecule has 3 aromatic rings. The van der Waals surface area contributed by atoms with Crippen molar-refractivity contribution >= 4 is 33.9 Å². The summed E-state index contributed by atoms with van der Waals surface area (Å²) in [6.45, 7) is 1.99. The van der Waals surface area contributed by atoms with Gasteiger partial charge in [0.25, 0.3) is 0 Å². The van der Waals surface area contributed by atoms with Gasteiger partial charge in [0, 0.05) is 5.69 Å². The molecule has 0 bridgehead atoms. The second-order valence-electron chi connectivity index (χ2n) is 4.72. The molecule has 0 aliphatic rings. The van der Waals surface area contributed by atoms with Crippen molar-refractivity contribution in [1.29, 1.82) is 0 Å². The van der Waals surface area contributed by atoms with Crippen LogP contribution in [-0.2, 0) is 6.18 Å². The first-order valence-electron chi connectivity index (χ1n) is 6.66. The van der Waals surface area contributed by atoms with Crippen LogP contribution < -0.4 is 5.32 Å². The van der Waals surface area contributed by atoms with E-state index in [9.17, 15) is 13.2 Å². The molecule has 0 spiro atoms. The second-order valence-corrected chi connectivity index (χ2v) is 6.97. The number of benzene rings is 1. The average molecular weight is 369 g/mol. The zero-order valence-corrected chi connectivity index (χ0v) is 13.8.